The van der Waals surface area contributed by atoms with Crippen molar-refractivity contribution in [3.05, 3.63) is 93.2 Å². The lowest BCUT2D eigenvalue weighted by Gasteiger charge is -2.13. The number of phenols is 5. The quantitative estimate of drug-likeness (QED) is 0.196. The molecule has 0 saturated carbocycles. The van der Waals surface area contributed by atoms with Crippen LogP contribution in [0, 0.1) is 0 Å². The Morgan fingerprint density at radius 1 is 0.575 bits per heavy atom. The first-order valence-corrected chi connectivity index (χ1v) is 11.8. The molecule has 0 aliphatic rings. The van der Waals surface area contributed by atoms with E-state index < -0.39 is 28.1 Å². The fraction of sp³-hybridized carbons (Fsp3) is 0. The lowest BCUT2D eigenvalue weighted by Crippen LogP contribution is -2.02. The molecule has 0 fully saturated rings. The summed E-state index contributed by atoms with van der Waals surface area (Å²) in [6, 6.07) is 15.7. The normalized spacial score (nSPS) is 11.3. The van der Waals surface area contributed by atoms with Gasteiger partial charge in [-0.05, 0) is 42.5 Å². The Morgan fingerprint density at radius 2 is 1.18 bits per heavy atom. The van der Waals surface area contributed by atoms with Crippen LogP contribution in [0.1, 0.15) is 0 Å². The minimum absolute atomic E-state index is 0.0242. The second-order valence-corrected chi connectivity index (χ2v) is 9.09. The van der Waals surface area contributed by atoms with Gasteiger partial charge in [0.15, 0.2) is 16.4 Å². The molecule has 10 heteroatoms. The molecule has 198 valence electrons. The summed E-state index contributed by atoms with van der Waals surface area (Å²) >= 11 is 0. The molecule has 0 radical (unpaired) electrons. The van der Waals surface area contributed by atoms with Crippen molar-refractivity contribution in [1.29, 1.82) is 0 Å². The van der Waals surface area contributed by atoms with E-state index in [9.17, 15) is 35.1 Å². The molecule has 6 rings (SSSR count). The highest BCUT2D eigenvalue weighted by Gasteiger charge is 2.23. The largest absolute Gasteiger partial charge is 0.593 e. The number of fused-ring (bicyclic) bond motifs is 2. The lowest BCUT2D eigenvalue weighted by atomic mass is 9.97. The first kappa shape index (κ1) is 24.4. The van der Waals surface area contributed by atoms with Crippen molar-refractivity contribution in [3.8, 4) is 68.3 Å². The molecule has 4 aromatic carbocycles. The molecule has 0 amide bonds. The average Bonchev–Trinajstić information content (AvgIpc) is 2.89. The molecule has 7 N–H and O–H groups in total. The maximum atomic E-state index is 13.0. The summed E-state index contributed by atoms with van der Waals surface area (Å²) in [5.74, 6) is -1.78. The monoisotopic (exact) mass is 539 g/mol. The van der Waals surface area contributed by atoms with Crippen molar-refractivity contribution in [2.24, 2.45) is 0 Å². The maximum absolute atomic E-state index is 13.0. The van der Waals surface area contributed by atoms with E-state index in [1.54, 1.807) is 0 Å². The molecule has 2 aromatic heterocycles. The van der Waals surface area contributed by atoms with Crippen molar-refractivity contribution in [2.45, 2.75) is 0 Å². The van der Waals surface area contributed by atoms with Gasteiger partial charge in [-0.3, -0.25) is 9.59 Å². The van der Waals surface area contributed by atoms with Crippen LogP contribution < -0.4 is 10.9 Å². The van der Waals surface area contributed by atoms with Crippen LogP contribution in [0.3, 0.4) is 0 Å². The predicted molar refractivity (Wildman–Crippen MR) is 146 cm³/mol. The molecule has 0 unspecified atom stereocenters. The van der Waals surface area contributed by atoms with E-state index >= 15 is 0 Å². The zero-order valence-electron chi connectivity index (χ0n) is 20.3. The predicted octanol–water partition coefficient (Wildman–Crippen LogP) is 4.87. The summed E-state index contributed by atoms with van der Waals surface area (Å²) in [5, 5.41) is 59.7. The zero-order chi connectivity index (χ0) is 28.3. The fourth-order valence-corrected chi connectivity index (χ4v) is 4.62. The molecule has 2 heterocycles. The van der Waals surface area contributed by atoms with Crippen molar-refractivity contribution in [3.63, 3.8) is 0 Å². The van der Waals surface area contributed by atoms with Gasteiger partial charge in [-0.2, -0.15) is 0 Å². The van der Waals surface area contributed by atoms with Crippen molar-refractivity contribution in [1.82, 2.24) is 0 Å². The number of phenolic OH excluding ortho intramolecular Hbond substituents is 5. The van der Waals surface area contributed by atoms with Crippen LogP contribution in [0.4, 0.5) is 0 Å². The van der Waals surface area contributed by atoms with Crippen LogP contribution in [0.25, 0.3) is 55.7 Å². The number of benzene rings is 4. The molecular formula is C30H19O10+. The van der Waals surface area contributed by atoms with Crippen LogP contribution in [0.15, 0.2) is 91.2 Å². The highest BCUT2D eigenvalue weighted by Crippen LogP contribution is 2.46. The van der Waals surface area contributed by atoms with Crippen molar-refractivity contribution < 1.29 is 39.5 Å². The topological polar surface area (TPSA) is 184 Å². The van der Waals surface area contributed by atoms with E-state index in [0.717, 1.165) is 24.3 Å². The summed E-state index contributed by atoms with van der Waals surface area (Å²) in [5.41, 5.74) is -0.922. The van der Waals surface area contributed by atoms with Crippen LogP contribution in [-0.2, 0) is 0 Å². The first-order valence-electron chi connectivity index (χ1n) is 11.8. The molecule has 0 aliphatic heterocycles. The second-order valence-electron chi connectivity index (χ2n) is 9.09. The highest BCUT2D eigenvalue weighted by molar-refractivity contribution is 5.97. The Hall–Kier alpha value is -5.90. The van der Waals surface area contributed by atoms with E-state index in [0.29, 0.717) is 5.56 Å². The van der Waals surface area contributed by atoms with E-state index in [4.69, 9.17) is 13.9 Å². The third-order valence-electron chi connectivity index (χ3n) is 6.48. The molecule has 0 saturated heterocycles. The smallest absolute Gasteiger partial charge is 0.261 e. The first-order chi connectivity index (χ1) is 19.1. The minimum Gasteiger partial charge on any atom is -0.593 e. The van der Waals surface area contributed by atoms with Gasteiger partial charge >= 0.3 is 0 Å². The third kappa shape index (κ3) is 3.91. The molecule has 40 heavy (non-hydrogen) atoms. The van der Waals surface area contributed by atoms with Crippen molar-refractivity contribution in [2.75, 3.05) is 0 Å². The Kier molecular flexibility index (Phi) is 5.40. The van der Waals surface area contributed by atoms with E-state index in [1.165, 1.54) is 48.5 Å². The standard InChI is InChI=1S/C30H18O10/c31-15-4-1-13(2-5-15)23-11-22(37)29-26(39-23)12-20(35)27(30(29)38)17-7-14(3-6-18(17)33)24-10-21(36)28-19(34)8-16(32)9-25(28)40-24/h1-12,31-35,38H/p+1. The molecule has 0 atom stereocenters. The number of hydrogen-bond acceptors (Lipinski definition) is 9. The van der Waals surface area contributed by atoms with Crippen LogP contribution in [-0.4, -0.2) is 30.6 Å². The van der Waals surface area contributed by atoms with Gasteiger partial charge in [-0.25, -0.2) is 0 Å². The van der Waals surface area contributed by atoms with Gasteiger partial charge in [-0.1, -0.05) is 0 Å². The Morgan fingerprint density at radius 3 is 1.88 bits per heavy atom. The van der Waals surface area contributed by atoms with Gasteiger partial charge in [0.05, 0.1) is 17.7 Å². The van der Waals surface area contributed by atoms with Gasteiger partial charge in [0.1, 0.15) is 56.6 Å². The molecule has 0 bridgehead atoms. The van der Waals surface area contributed by atoms with Crippen molar-refractivity contribution >= 4 is 21.9 Å². The maximum Gasteiger partial charge on any atom is 0.261 e. The van der Waals surface area contributed by atoms with Gasteiger partial charge in [0, 0.05) is 34.9 Å². The van der Waals surface area contributed by atoms with E-state index in [2.05, 4.69) is 0 Å². The summed E-state index contributed by atoms with van der Waals surface area (Å²) < 4.78 is 11.5. The molecule has 0 spiro atoms. The number of rotatable bonds is 3. The second kappa shape index (κ2) is 8.84. The van der Waals surface area contributed by atoms with Crippen LogP contribution in [0.5, 0.6) is 34.5 Å². The summed E-state index contributed by atoms with van der Waals surface area (Å²) in [6.07, 6.45) is 0. The molecule has 0 aliphatic carbocycles. The lowest BCUT2D eigenvalue weighted by molar-refractivity contribution is 0.450. The summed E-state index contributed by atoms with van der Waals surface area (Å²) in [7, 11) is 0. The van der Waals surface area contributed by atoms with Gasteiger partial charge < -0.3 is 39.5 Å². The van der Waals surface area contributed by atoms with E-state index in [-0.39, 0.29) is 67.4 Å². The summed E-state index contributed by atoms with van der Waals surface area (Å²) in [6.45, 7) is 0. The van der Waals surface area contributed by atoms with Gasteiger partial charge in [-0.15, -0.1) is 0 Å². The fourth-order valence-electron chi connectivity index (χ4n) is 4.62. The Balaban J connectivity index is 1.53. The van der Waals surface area contributed by atoms with Crippen LogP contribution in [0.2, 0.25) is 0 Å². The molecular weight excluding hydrogens is 520 g/mol. The highest BCUT2D eigenvalue weighted by atomic mass is 16.3. The minimum atomic E-state index is -0.641. The number of hydrogen-bond donors (Lipinski definition) is 5. The Labute approximate surface area is 223 Å². The summed E-state index contributed by atoms with van der Waals surface area (Å²) in [4.78, 5) is 25.7. The van der Waals surface area contributed by atoms with Gasteiger partial charge in [0.2, 0.25) is 0 Å². The zero-order valence-corrected chi connectivity index (χ0v) is 20.3. The average molecular weight is 539 g/mol. The number of aromatic hydroxyl groups is 5. The molecule has 10 nitrogen and oxygen atoms in total. The third-order valence-corrected chi connectivity index (χ3v) is 6.48. The SMILES string of the molecule is O=c1cc(-c2ccc(O)c(-c3c(O)cc4oc(-c5ccc(O)cc5)cc(=O)c4c3O)c2)oc2cc([OH2+])cc(O)c12. The Bertz CT molecular complexity index is 2100. The van der Waals surface area contributed by atoms with Gasteiger partial charge in [0.25, 0.3) is 5.75 Å². The van der Waals surface area contributed by atoms with E-state index in [1.807, 2.05) is 0 Å². The van der Waals surface area contributed by atoms with Crippen LogP contribution >= 0.6 is 0 Å². The molecule has 6 aromatic rings.